The van der Waals surface area contributed by atoms with Gasteiger partial charge in [0.05, 0.1) is 18.4 Å². The lowest BCUT2D eigenvalue weighted by Gasteiger charge is -2.29. The summed E-state index contributed by atoms with van der Waals surface area (Å²) in [5.41, 5.74) is 2.23. The Hall–Kier alpha value is -3.72. The van der Waals surface area contributed by atoms with Gasteiger partial charge in [0.25, 0.3) is 5.82 Å². The fraction of sp³-hybridized carbons (Fsp3) is 0.429. The summed E-state index contributed by atoms with van der Waals surface area (Å²) in [6.45, 7) is 1.31. The van der Waals surface area contributed by atoms with Crippen molar-refractivity contribution >= 4 is 45.4 Å². The van der Waals surface area contributed by atoms with Crippen LogP contribution in [0.25, 0.3) is 11.0 Å². The van der Waals surface area contributed by atoms with Crippen LogP contribution in [-0.2, 0) is 4.74 Å². The van der Waals surface area contributed by atoms with Crippen LogP contribution < -0.4 is 10.2 Å². The van der Waals surface area contributed by atoms with Crippen LogP contribution in [0, 0.1) is 23.2 Å². The molecule has 3 atom stereocenters. The van der Waals surface area contributed by atoms with E-state index in [1.54, 1.807) is 11.1 Å². The lowest BCUT2D eigenvalue weighted by atomic mass is 10.0. The Morgan fingerprint density at radius 1 is 1.36 bits per heavy atom. The summed E-state index contributed by atoms with van der Waals surface area (Å²) in [5, 5.41) is 13.6. The molecular formula is C21H22N8O3S. The molecule has 3 aromatic heterocycles. The summed E-state index contributed by atoms with van der Waals surface area (Å²) in [6.07, 6.45) is 5.33. The molecule has 170 valence electrons. The molecule has 3 aromatic rings. The number of nitriles is 1. The van der Waals surface area contributed by atoms with Crippen molar-refractivity contribution in [3.63, 3.8) is 0 Å². The third-order valence-electron chi connectivity index (χ3n) is 6.60. The number of hydrogen-bond donors (Lipinski definition) is 2. The van der Waals surface area contributed by atoms with Crippen molar-refractivity contribution in [2.45, 2.75) is 18.9 Å². The number of amides is 2. The highest BCUT2D eigenvalue weighted by molar-refractivity contribution is 7.10. The predicted molar refractivity (Wildman–Crippen MR) is 121 cm³/mol. The van der Waals surface area contributed by atoms with Crippen molar-refractivity contribution < 1.29 is 14.3 Å². The van der Waals surface area contributed by atoms with Crippen LogP contribution in [0.3, 0.4) is 0 Å². The average Bonchev–Trinajstić information content (AvgIpc) is 3.60. The molecule has 0 spiro atoms. The number of hydrogen-bond acceptors (Lipinski definition) is 9. The Bertz CT molecular complexity index is 1250. The molecule has 2 unspecified atom stereocenters. The number of nitrogens with zero attached hydrogens (tertiary/aromatic N) is 6. The molecule has 2 fully saturated rings. The zero-order valence-electron chi connectivity index (χ0n) is 18.1. The van der Waals surface area contributed by atoms with Crippen LogP contribution >= 0.6 is 11.5 Å². The molecule has 1 aliphatic carbocycles. The van der Waals surface area contributed by atoms with Gasteiger partial charge < -0.3 is 19.5 Å². The van der Waals surface area contributed by atoms with Crippen molar-refractivity contribution in [3.05, 3.63) is 29.8 Å². The highest BCUT2D eigenvalue weighted by atomic mass is 32.1. The summed E-state index contributed by atoms with van der Waals surface area (Å²) in [4.78, 5) is 39.7. The summed E-state index contributed by atoms with van der Waals surface area (Å²) >= 11 is 0.947. The van der Waals surface area contributed by atoms with E-state index in [1.807, 2.05) is 19.3 Å². The second-order valence-electron chi connectivity index (χ2n) is 8.38. The van der Waals surface area contributed by atoms with Gasteiger partial charge in [-0.1, -0.05) is 0 Å². The lowest BCUT2D eigenvalue weighted by molar-refractivity contribution is 0.0588. The number of methoxy groups -OCH3 is 1. The summed E-state index contributed by atoms with van der Waals surface area (Å²) in [6, 6.07) is 4.27. The summed E-state index contributed by atoms with van der Waals surface area (Å²) in [5.74, 6) is 0.0734. The number of esters is 1. The Morgan fingerprint density at radius 2 is 2.12 bits per heavy atom. The smallest absolute Gasteiger partial charge is 0.377 e. The minimum Gasteiger partial charge on any atom is -0.463 e. The van der Waals surface area contributed by atoms with Gasteiger partial charge in [0.15, 0.2) is 0 Å². The van der Waals surface area contributed by atoms with Crippen LogP contribution in [0.1, 0.15) is 29.0 Å². The predicted octanol–water partition coefficient (Wildman–Crippen LogP) is 2.45. The number of pyridine rings is 1. The average molecular weight is 467 g/mol. The van der Waals surface area contributed by atoms with E-state index in [9.17, 15) is 14.9 Å². The van der Waals surface area contributed by atoms with Gasteiger partial charge in [-0.3, -0.25) is 5.32 Å². The normalized spacial score (nSPS) is 21.6. The molecule has 33 heavy (non-hydrogen) atoms. The maximum absolute atomic E-state index is 12.7. The number of carbonyl (C=O) groups is 2. The van der Waals surface area contributed by atoms with E-state index in [0.717, 1.165) is 41.1 Å². The van der Waals surface area contributed by atoms with Gasteiger partial charge in [-0.05, 0) is 30.7 Å². The van der Waals surface area contributed by atoms with Gasteiger partial charge >= 0.3 is 12.0 Å². The Kier molecular flexibility index (Phi) is 5.33. The van der Waals surface area contributed by atoms with Gasteiger partial charge in [-0.25, -0.2) is 14.6 Å². The van der Waals surface area contributed by atoms with Crippen molar-refractivity contribution in [2.24, 2.45) is 11.8 Å². The van der Waals surface area contributed by atoms with Crippen LogP contribution in [0.15, 0.2) is 18.5 Å². The quantitative estimate of drug-likeness (QED) is 0.559. The Balaban J connectivity index is 1.23. The van der Waals surface area contributed by atoms with Crippen LogP contribution in [0.2, 0.25) is 0 Å². The molecule has 11 nitrogen and oxygen atoms in total. The van der Waals surface area contributed by atoms with E-state index in [2.05, 4.69) is 40.3 Å². The molecule has 12 heteroatoms. The van der Waals surface area contributed by atoms with Crippen molar-refractivity contribution in [3.8, 4) is 6.07 Å². The third kappa shape index (κ3) is 3.74. The molecule has 2 N–H and O–H groups in total. The molecule has 1 saturated carbocycles. The number of likely N-dealkylation sites (tertiary alicyclic amines) is 1. The minimum absolute atomic E-state index is 0.0636. The largest absolute Gasteiger partial charge is 0.463 e. The van der Waals surface area contributed by atoms with Crippen LogP contribution in [-0.4, -0.2) is 69.5 Å². The Morgan fingerprint density at radius 3 is 2.82 bits per heavy atom. The van der Waals surface area contributed by atoms with Gasteiger partial charge in [-0.2, -0.15) is 14.6 Å². The van der Waals surface area contributed by atoms with Crippen LogP contribution in [0.5, 0.6) is 0 Å². The second-order valence-corrected chi connectivity index (χ2v) is 9.13. The number of ether oxygens (including phenoxy) is 1. The fourth-order valence-electron chi connectivity index (χ4n) is 5.01. The first-order chi connectivity index (χ1) is 16.0. The maximum atomic E-state index is 12.7. The number of H-pyrrole nitrogens is 1. The number of aromatic nitrogens is 4. The minimum atomic E-state index is -0.636. The van der Waals surface area contributed by atoms with Crippen molar-refractivity contribution in [1.82, 2.24) is 24.2 Å². The number of rotatable bonds is 4. The lowest BCUT2D eigenvalue weighted by Crippen LogP contribution is -2.36. The molecule has 0 radical (unpaired) electrons. The number of aromatic amines is 1. The SMILES string of the molecule is COC(=O)c1nsc(NC(=O)N2CC3CC(N(C)c4c(C#N)cnc5[nH]ccc45)C[C@@H]3C2)n1. The first kappa shape index (κ1) is 21.1. The van der Waals surface area contributed by atoms with E-state index in [-0.39, 0.29) is 23.0 Å². The van der Waals surface area contributed by atoms with Crippen LogP contribution in [0.4, 0.5) is 15.6 Å². The highest BCUT2D eigenvalue weighted by Crippen LogP contribution is 2.42. The van der Waals surface area contributed by atoms with E-state index in [0.29, 0.717) is 30.5 Å². The first-order valence-electron chi connectivity index (χ1n) is 10.6. The number of fused-ring (bicyclic) bond motifs is 2. The maximum Gasteiger partial charge on any atom is 0.377 e. The molecule has 1 saturated heterocycles. The van der Waals surface area contributed by atoms with E-state index >= 15 is 0 Å². The molecule has 1 aliphatic heterocycles. The summed E-state index contributed by atoms with van der Waals surface area (Å²) < 4.78 is 8.49. The number of carbonyl (C=O) groups excluding carboxylic acids is 2. The standard InChI is InChI=1S/C21H22N8O3S/c1-28(16-13(7-22)8-24-17-15(16)3-4-23-17)14-5-11-9-29(10-12(11)6-14)21(31)26-20-25-18(27-33-20)19(30)32-2/h3-4,8,11-12,14H,5-6,9-10H2,1-2H3,(H,23,24)(H,25,26,27,31)/t11-,12?,14?/m1/s1. The third-order valence-corrected chi connectivity index (χ3v) is 7.23. The van der Waals surface area contributed by atoms with Gasteiger partial charge in [0.1, 0.15) is 11.7 Å². The summed E-state index contributed by atoms with van der Waals surface area (Å²) in [7, 11) is 3.29. The second kappa shape index (κ2) is 8.32. The molecule has 2 aliphatic rings. The molecule has 0 aromatic carbocycles. The topological polar surface area (TPSA) is 140 Å². The van der Waals surface area contributed by atoms with E-state index in [4.69, 9.17) is 0 Å². The van der Waals surface area contributed by atoms with Gasteiger partial charge in [0.2, 0.25) is 5.13 Å². The number of urea groups is 1. The van der Waals surface area contributed by atoms with Gasteiger partial charge in [-0.15, -0.1) is 0 Å². The molecule has 0 bridgehead atoms. The number of nitrogens with one attached hydrogen (secondary N) is 2. The van der Waals surface area contributed by atoms with Crippen molar-refractivity contribution in [2.75, 3.05) is 37.5 Å². The van der Waals surface area contributed by atoms with E-state index < -0.39 is 5.97 Å². The first-order valence-corrected chi connectivity index (χ1v) is 11.3. The van der Waals surface area contributed by atoms with E-state index in [1.165, 1.54) is 7.11 Å². The highest BCUT2D eigenvalue weighted by Gasteiger charge is 2.44. The molecule has 4 heterocycles. The zero-order chi connectivity index (χ0) is 23.1. The van der Waals surface area contributed by atoms with Gasteiger partial charge in [0, 0.05) is 55.5 Å². The zero-order valence-corrected chi connectivity index (χ0v) is 18.9. The van der Waals surface area contributed by atoms with Crippen molar-refractivity contribution in [1.29, 1.82) is 5.26 Å². The number of anilines is 2. The Labute approximate surface area is 193 Å². The fourth-order valence-corrected chi connectivity index (χ4v) is 5.56. The monoisotopic (exact) mass is 466 g/mol. The molecule has 2 amide bonds. The molecule has 5 rings (SSSR count). The molecular weight excluding hydrogens is 444 g/mol.